The van der Waals surface area contributed by atoms with Gasteiger partial charge in [0.05, 0.1) is 43.9 Å². The highest BCUT2D eigenvalue weighted by atomic mass is 32.1. The third-order valence-corrected chi connectivity index (χ3v) is 9.27. The van der Waals surface area contributed by atoms with Gasteiger partial charge in [-0.3, -0.25) is 0 Å². The predicted octanol–water partition coefficient (Wildman–Crippen LogP) is 14.2. The summed E-state index contributed by atoms with van der Waals surface area (Å²) in [6.45, 7) is 1.25. The summed E-state index contributed by atoms with van der Waals surface area (Å²) >= 11 is 0.423. The molecule has 0 unspecified atom stereocenters. The summed E-state index contributed by atoms with van der Waals surface area (Å²) in [6.07, 6.45) is 0. The molecule has 3 nitrogen and oxygen atoms in total. The molecule has 0 fully saturated rings. The van der Waals surface area contributed by atoms with E-state index in [1.807, 2.05) is 0 Å². The van der Waals surface area contributed by atoms with Gasteiger partial charge in [-0.2, -0.15) is 0 Å². The quantitative estimate of drug-likeness (QED) is 0.162. The zero-order valence-corrected chi connectivity index (χ0v) is 29.1. The maximum absolute atomic E-state index is 10.1. The van der Waals surface area contributed by atoms with Crippen LogP contribution in [0.25, 0.3) is 98.8 Å². The van der Waals surface area contributed by atoms with Crippen LogP contribution in [0.1, 0.15) is 49.4 Å². The Kier molecular flexibility index (Phi) is 3.57. The standard InChI is InChI=1S/C52H35N3S/c1-34-14-11-21-40(30-34)51-53-50(39-19-9-4-10-20-39)54-52(55-51)43-32-41(36-17-7-3-8-18-36)31-42(33-43)45-23-13-25-47-46-24-12-22-44(48(46)56-49(45)47)38-28-26-37(27-29-38)35-15-5-2-6-16-35/h2-33H,1H3/i2D,3D,4D,5D,6D,7D,8D,9D,10D,11D,12D,13D,14D,15D,16D,17D,18D,19D,20D,21D,22D,23D,24D,25D,26D,27D,28D,29D,30D,31D,32D,33D. The Hall–Kier alpha value is -7.01. The van der Waals surface area contributed by atoms with Crippen molar-refractivity contribution in [2.75, 3.05) is 0 Å². The van der Waals surface area contributed by atoms with Crippen LogP contribution in [0.15, 0.2) is 193 Å². The first-order valence-electron chi connectivity index (χ1n) is 32.2. The lowest BCUT2D eigenvalue weighted by molar-refractivity contribution is 1.07. The molecule has 10 aromatic rings. The highest BCUT2D eigenvalue weighted by molar-refractivity contribution is 7.26. The van der Waals surface area contributed by atoms with Crippen LogP contribution in [0.4, 0.5) is 0 Å². The van der Waals surface area contributed by atoms with E-state index in [4.69, 9.17) is 30.2 Å². The lowest BCUT2D eigenvalue weighted by Crippen LogP contribution is -2.00. The molecule has 0 amide bonds. The Morgan fingerprint density at radius 2 is 0.768 bits per heavy atom. The average Bonchev–Trinajstić information content (AvgIpc) is 1.44. The third-order valence-electron chi connectivity index (χ3n) is 8.04. The van der Waals surface area contributed by atoms with Crippen molar-refractivity contribution in [3.63, 3.8) is 0 Å². The minimum absolute atomic E-state index is 0.203. The second-order valence-electron chi connectivity index (χ2n) is 11.6. The number of nitrogens with zero attached hydrogens (tertiary/aromatic N) is 3. The van der Waals surface area contributed by atoms with Crippen LogP contribution in [0.3, 0.4) is 0 Å². The molecule has 56 heavy (non-hydrogen) atoms. The maximum atomic E-state index is 10.1. The van der Waals surface area contributed by atoms with Crippen LogP contribution >= 0.6 is 11.3 Å². The Bertz CT molecular complexity index is 4670. The van der Waals surface area contributed by atoms with Crippen LogP contribution in [-0.4, -0.2) is 15.0 Å². The SMILES string of the molecule is [2H]c1c([2H])c([2H])c(-c2nc(-c3c([2H])c([2H])c([2H])c(C)c3[2H])nc(-c3c([2H])c(-c4c([2H])c([2H])c([2H])c([2H])c4[2H])c([2H])c(-c4c([2H])c([2H])c([2H])c5c4sc4c(-c6c([2H])c([2H])c(-c7c([2H])c([2H])c([2H])c([2H])c7[2H])c([2H])c6[2H])c([2H])c([2H])c([2H])c45)c3[2H])n2)c([2H])c1[2H]. The number of hydrogen-bond donors (Lipinski definition) is 0. The summed E-state index contributed by atoms with van der Waals surface area (Å²) in [5.74, 6) is -2.62. The van der Waals surface area contributed by atoms with E-state index in [0.717, 1.165) is 0 Å². The number of fused-ring (bicyclic) bond motifs is 3. The first kappa shape index (κ1) is 13.9. The second-order valence-corrected chi connectivity index (χ2v) is 12.6. The van der Waals surface area contributed by atoms with Crippen LogP contribution in [0.2, 0.25) is 0 Å². The smallest absolute Gasteiger partial charge is 0.164 e. The van der Waals surface area contributed by atoms with Gasteiger partial charge in [-0.1, -0.05) is 175 Å². The maximum Gasteiger partial charge on any atom is 0.164 e. The fourth-order valence-corrected chi connectivity index (χ4v) is 6.79. The van der Waals surface area contributed by atoms with Gasteiger partial charge in [-0.25, -0.2) is 15.0 Å². The van der Waals surface area contributed by atoms with Crippen LogP contribution in [0, 0.1) is 6.92 Å². The molecule has 0 atom stereocenters. The Labute approximate surface area is 375 Å². The average molecular weight is 766 g/mol. The first-order valence-corrected chi connectivity index (χ1v) is 17.1. The molecule has 8 aromatic carbocycles. The zero-order valence-electron chi connectivity index (χ0n) is 60.2. The normalized spacial score (nSPS) is 19.3. The second kappa shape index (κ2) is 14.3. The summed E-state index contributed by atoms with van der Waals surface area (Å²) in [6, 6.07) is -29.8. The van der Waals surface area contributed by atoms with E-state index in [1.165, 1.54) is 6.92 Å². The van der Waals surface area contributed by atoms with E-state index in [9.17, 15) is 13.7 Å². The fraction of sp³-hybridized carbons (Fsp3) is 0.0192. The lowest BCUT2D eigenvalue weighted by Gasteiger charge is -2.13. The monoisotopic (exact) mass is 765 g/mol. The van der Waals surface area contributed by atoms with Crippen molar-refractivity contribution >= 4 is 31.5 Å². The van der Waals surface area contributed by atoms with Crippen molar-refractivity contribution in [2.24, 2.45) is 0 Å². The van der Waals surface area contributed by atoms with Gasteiger partial charge in [0.15, 0.2) is 17.5 Å². The first-order chi connectivity index (χ1) is 41.0. The van der Waals surface area contributed by atoms with Gasteiger partial charge < -0.3 is 0 Å². The number of aromatic nitrogens is 3. The molecule has 0 radical (unpaired) electrons. The molecule has 0 saturated heterocycles. The third kappa shape index (κ3) is 6.36. The Balaban J connectivity index is 1.41. The van der Waals surface area contributed by atoms with Gasteiger partial charge in [0.25, 0.3) is 0 Å². The molecule has 0 aliphatic carbocycles. The summed E-state index contributed by atoms with van der Waals surface area (Å²) in [5, 5.41) is -1.01. The molecular formula is C52H35N3S. The van der Waals surface area contributed by atoms with E-state index in [-0.39, 0.29) is 5.56 Å². The zero-order chi connectivity index (χ0) is 65.3. The van der Waals surface area contributed by atoms with E-state index in [1.54, 1.807) is 0 Å². The molecule has 2 aromatic heterocycles. The van der Waals surface area contributed by atoms with E-state index < -0.39 is 292 Å². The van der Waals surface area contributed by atoms with Crippen LogP contribution in [-0.2, 0) is 0 Å². The molecule has 264 valence electrons. The van der Waals surface area contributed by atoms with Crippen molar-refractivity contribution in [3.8, 4) is 78.7 Å². The summed E-state index contributed by atoms with van der Waals surface area (Å²) in [4.78, 5) is 13.1. The van der Waals surface area contributed by atoms with Crippen LogP contribution < -0.4 is 0 Å². The molecule has 0 aliphatic heterocycles. The van der Waals surface area contributed by atoms with Gasteiger partial charge in [0, 0.05) is 36.9 Å². The topological polar surface area (TPSA) is 38.7 Å². The van der Waals surface area contributed by atoms with Crippen molar-refractivity contribution in [1.29, 1.82) is 0 Å². The Morgan fingerprint density at radius 1 is 0.339 bits per heavy atom. The lowest BCUT2D eigenvalue weighted by atomic mass is 9.94. The fourth-order valence-electron chi connectivity index (χ4n) is 5.57. The van der Waals surface area contributed by atoms with Crippen molar-refractivity contribution in [3.05, 3.63) is 199 Å². The Morgan fingerprint density at radius 3 is 1.39 bits per heavy atom. The molecule has 4 heteroatoms. The van der Waals surface area contributed by atoms with Gasteiger partial charge >= 0.3 is 0 Å². The summed E-state index contributed by atoms with van der Waals surface area (Å²) < 4.78 is 285. The molecule has 0 aliphatic rings. The number of thiophene rings is 1. The van der Waals surface area contributed by atoms with E-state index in [2.05, 4.69) is 15.0 Å². The van der Waals surface area contributed by atoms with Gasteiger partial charge in [0.2, 0.25) is 0 Å². The molecule has 0 spiro atoms. The molecular weight excluding hydrogens is 699 g/mol. The summed E-state index contributed by atoms with van der Waals surface area (Å²) in [7, 11) is 0. The molecule has 2 heterocycles. The minimum Gasteiger partial charge on any atom is -0.208 e. The molecule has 0 N–H and O–H groups in total. The van der Waals surface area contributed by atoms with Gasteiger partial charge in [0.1, 0.15) is 0 Å². The molecule has 0 saturated carbocycles. The molecule has 0 bridgehead atoms. The van der Waals surface area contributed by atoms with Crippen molar-refractivity contribution in [2.45, 2.75) is 6.92 Å². The van der Waals surface area contributed by atoms with Crippen molar-refractivity contribution < 1.29 is 43.9 Å². The van der Waals surface area contributed by atoms with E-state index in [0.29, 0.717) is 11.3 Å². The van der Waals surface area contributed by atoms with E-state index >= 15 is 0 Å². The number of benzene rings is 8. The van der Waals surface area contributed by atoms with Gasteiger partial charge in [-0.05, 0) is 75.6 Å². The molecule has 10 rings (SSSR count). The predicted molar refractivity (Wildman–Crippen MR) is 236 cm³/mol. The highest BCUT2D eigenvalue weighted by Crippen LogP contribution is 2.45. The largest absolute Gasteiger partial charge is 0.208 e. The summed E-state index contributed by atoms with van der Waals surface area (Å²) in [5.41, 5.74) is -8.85. The van der Waals surface area contributed by atoms with Crippen molar-refractivity contribution in [1.82, 2.24) is 15.0 Å². The number of hydrogen-bond acceptors (Lipinski definition) is 4. The highest BCUT2D eigenvalue weighted by Gasteiger charge is 2.18. The number of rotatable bonds is 7. The van der Waals surface area contributed by atoms with Gasteiger partial charge in [-0.15, -0.1) is 11.3 Å². The minimum atomic E-state index is -1.11. The van der Waals surface area contributed by atoms with Crippen LogP contribution in [0.5, 0.6) is 0 Å².